The van der Waals surface area contributed by atoms with Gasteiger partial charge < -0.3 is 24.3 Å². The lowest BCUT2D eigenvalue weighted by molar-refractivity contribution is -0.116. The fourth-order valence-electron chi connectivity index (χ4n) is 2.77. The summed E-state index contributed by atoms with van der Waals surface area (Å²) in [6.07, 6.45) is 3.11. The van der Waals surface area contributed by atoms with Gasteiger partial charge in [-0.1, -0.05) is 23.7 Å². The van der Waals surface area contributed by atoms with E-state index >= 15 is 0 Å². The van der Waals surface area contributed by atoms with Gasteiger partial charge in [0.05, 0.1) is 5.02 Å². The van der Waals surface area contributed by atoms with Crippen molar-refractivity contribution in [1.82, 2.24) is 5.32 Å². The molecule has 0 aliphatic carbocycles. The fraction of sp³-hybridized carbons (Fsp3) is 0.211. The van der Waals surface area contributed by atoms with E-state index in [4.69, 9.17) is 30.5 Å². The molecule has 134 valence electrons. The normalized spacial score (nSPS) is 14.5. The monoisotopic (exact) mass is 373 g/mol. The predicted octanol–water partition coefficient (Wildman–Crippen LogP) is 3.17. The van der Waals surface area contributed by atoms with E-state index in [0.29, 0.717) is 47.8 Å². The summed E-state index contributed by atoms with van der Waals surface area (Å²) in [6.45, 7) is 1.53. The smallest absolute Gasteiger partial charge is 0.244 e. The topological polar surface area (TPSA) is 66.0 Å². The van der Waals surface area contributed by atoms with Crippen LogP contribution in [-0.2, 0) is 11.3 Å². The van der Waals surface area contributed by atoms with Gasteiger partial charge in [-0.3, -0.25) is 4.79 Å². The molecule has 6 nitrogen and oxygen atoms in total. The third-order valence-electron chi connectivity index (χ3n) is 3.98. The summed E-state index contributed by atoms with van der Waals surface area (Å²) < 4.78 is 21.8. The van der Waals surface area contributed by atoms with Crippen LogP contribution < -0.4 is 24.3 Å². The summed E-state index contributed by atoms with van der Waals surface area (Å²) in [5.74, 6) is 2.27. The first-order chi connectivity index (χ1) is 12.7. The van der Waals surface area contributed by atoms with Gasteiger partial charge in [0.25, 0.3) is 0 Å². The van der Waals surface area contributed by atoms with Gasteiger partial charge in [0.2, 0.25) is 12.7 Å². The van der Waals surface area contributed by atoms with Crippen LogP contribution >= 0.6 is 11.6 Å². The van der Waals surface area contributed by atoms with Crippen molar-refractivity contribution in [3.63, 3.8) is 0 Å². The quantitative estimate of drug-likeness (QED) is 0.834. The van der Waals surface area contributed by atoms with Crippen LogP contribution in [0.25, 0.3) is 6.08 Å². The highest BCUT2D eigenvalue weighted by Gasteiger charge is 2.18. The van der Waals surface area contributed by atoms with Crippen molar-refractivity contribution in [3.05, 3.63) is 52.6 Å². The summed E-state index contributed by atoms with van der Waals surface area (Å²) in [5.41, 5.74) is 1.62. The number of para-hydroxylation sites is 1. The summed E-state index contributed by atoms with van der Waals surface area (Å²) >= 11 is 6.13. The van der Waals surface area contributed by atoms with E-state index in [9.17, 15) is 4.79 Å². The Hall–Kier alpha value is -2.86. The molecule has 0 aromatic heterocycles. The van der Waals surface area contributed by atoms with Gasteiger partial charge in [-0.15, -0.1) is 0 Å². The molecule has 2 aromatic carbocycles. The molecule has 2 heterocycles. The standard InChI is InChI=1S/C19H16ClNO5/c20-14-8-12(9-16-19(14)26-11-25-16)4-5-17(22)21-10-13-2-1-3-15-18(13)24-7-6-23-15/h1-5,8-9H,6-7,10-11H2,(H,21,22)/b5-4+. The highest BCUT2D eigenvalue weighted by molar-refractivity contribution is 6.32. The molecule has 0 spiro atoms. The summed E-state index contributed by atoms with van der Waals surface area (Å²) in [7, 11) is 0. The summed E-state index contributed by atoms with van der Waals surface area (Å²) in [5, 5.41) is 3.29. The van der Waals surface area contributed by atoms with Crippen molar-refractivity contribution in [3.8, 4) is 23.0 Å². The molecular weight excluding hydrogens is 358 g/mol. The van der Waals surface area contributed by atoms with Gasteiger partial charge in [0.15, 0.2) is 23.0 Å². The van der Waals surface area contributed by atoms with Crippen molar-refractivity contribution < 1.29 is 23.7 Å². The SMILES string of the molecule is O=C(/C=C/c1cc(Cl)c2c(c1)OCO2)NCc1cccc2c1OCCO2. The van der Waals surface area contributed by atoms with Crippen LogP contribution in [0.4, 0.5) is 0 Å². The van der Waals surface area contributed by atoms with Crippen molar-refractivity contribution in [2.45, 2.75) is 6.54 Å². The number of hydrogen-bond donors (Lipinski definition) is 1. The van der Waals surface area contributed by atoms with Crippen LogP contribution in [0.1, 0.15) is 11.1 Å². The van der Waals surface area contributed by atoms with Crippen molar-refractivity contribution in [1.29, 1.82) is 0 Å². The third-order valence-corrected chi connectivity index (χ3v) is 4.26. The van der Waals surface area contributed by atoms with Gasteiger partial charge >= 0.3 is 0 Å². The molecule has 1 N–H and O–H groups in total. The Balaban J connectivity index is 1.40. The molecule has 0 saturated carbocycles. The van der Waals surface area contributed by atoms with Crippen LogP contribution in [0, 0.1) is 0 Å². The van der Waals surface area contributed by atoms with Crippen LogP contribution in [0.5, 0.6) is 23.0 Å². The van der Waals surface area contributed by atoms with Gasteiger partial charge in [-0.2, -0.15) is 0 Å². The van der Waals surface area contributed by atoms with Gasteiger partial charge in [-0.25, -0.2) is 0 Å². The Kier molecular flexibility index (Phi) is 4.58. The molecular formula is C19H16ClNO5. The zero-order chi connectivity index (χ0) is 17.9. The highest BCUT2D eigenvalue weighted by Crippen LogP contribution is 2.40. The second-order valence-electron chi connectivity index (χ2n) is 5.73. The number of fused-ring (bicyclic) bond motifs is 2. The lowest BCUT2D eigenvalue weighted by Gasteiger charge is -2.20. The minimum atomic E-state index is -0.229. The average Bonchev–Trinajstić information content (AvgIpc) is 3.14. The molecule has 0 unspecified atom stereocenters. The lowest BCUT2D eigenvalue weighted by Crippen LogP contribution is -2.22. The first-order valence-corrected chi connectivity index (χ1v) is 8.51. The number of amides is 1. The maximum absolute atomic E-state index is 12.1. The van der Waals surface area contributed by atoms with Crippen LogP contribution in [0.15, 0.2) is 36.4 Å². The van der Waals surface area contributed by atoms with Crippen molar-refractivity contribution in [2.24, 2.45) is 0 Å². The molecule has 0 saturated heterocycles. The van der Waals surface area contributed by atoms with Gasteiger partial charge in [-0.05, 0) is 29.8 Å². The number of ether oxygens (including phenoxy) is 4. The predicted molar refractivity (Wildman–Crippen MR) is 95.9 cm³/mol. The molecule has 26 heavy (non-hydrogen) atoms. The van der Waals surface area contributed by atoms with E-state index in [1.807, 2.05) is 18.2 Å². The molecule has 0 radical (unpaired) electrons. The Morgan fingerprint density at radius 3 is 2.88 bits per heavy atom. The summed E-state index contributed by atoms with van der Waals surface area (Å²) in [6, 6.07) is 9.12. The van der Waals surface area contributed by atoms with E-state index in [0.717, 1.165) is 11.1 Å². The molecule has 2 aliphatic heterocycles. The average molecular weight is 374 g/mol. The van der Waals surface area contributed by atoms with E-state index in [2.05, 4.69) is 5.32 Å². The summed E-state index contributed by atoms with van der Waals surface area (Å²) in [4.78, 5) is 12.1. The first kappa shape index (κ1) is 16.6. The molecule has 7 heteroatoms. The van der Waals surface area contributed by atoms with E-state index < -0.39 is 0 Å². The van der Waals surface area contributed by atoms with Crippen molar-refractivity contribution in [2.75, 3.05) is 20.0 Å². The zero-order valence-electron chi connectivity index (χ0n) is 13.8. The molecule has 1 amide bonds. The number of benzene rings is 2. The Morgan fingerprint density at radius 2 is 1.96 bits per heavy atom. The second-order valence-corrected chi connectivity index (χ2v) is 6.14. The Labute approximate surface area is 155 Å². The van der Waals surface area contributed by atoms with E-state index in [-0.39, 0.29) is 12.7 Å². The third kappa shape index (κ3) is 3.41. The number of carbonyl (C=O) groups excluding carboxylic acids is 1. The van der Waals surface area contributed by atoms with Crippen molar-refractivity contribution >= 4 is 23.6 Å². The molecule has 2 aromatic rings. The van der Waals surface area contributed by atoms with Crippen LogP contribution in [0.3, 0.4) is 0 Å². The highest BCUT2D eigenvalue weighted by atomic mass is 35.5. The number of halogens is 1. The largest absolute Gasteiger partial charge is 0.486 e. The Bertz CT molecular complexity index is 880. The number of carbonyl (C=O) groups is 1. The minimum absolute atomic E-state index is 0.149. The molecule has 0 bridgehead atoms. The molecule has 0 fully saturated rings. The maximum atomic E-state index is 12.1. The molecule has 2 aliphatic rings. The number of hydrogen-bond acceptors (Lipinski definition) is 5. The molecule has 0 atom stereocenters. The van der Waals surface area contributed by atoms with Gasteiger partial charge in [0, 0.05) is 18.2 Å². The fourth-order valence-corrected chi connectivity index (χ4v) is 3.04. The number of nitrogens with one attached hydrogen (secondary N) is 1. The van der Waals surface area contributed by atoms with E-state index in [1.165, 1.54) is 6.08 Å². The van der Waals surface area contributed by atoms with Crippen LogP contribution in [-0.4, -0.2) is 25.9 Å². The zero-order valence-corrected chi connectivity index (χ0v) is 14.5. The minimum Gasteiger partial charge on any atom is -0.486 e. The van der Waals surface area contributed by atoms with E-state index in [1.54, 1.807) is 18.2 Å². The van der Waals surface area contributed by atoms with Crippen LogP contribution in [0.2, 0.25) is 5.02 Å². The molecule has 4 rings (SSSR count). The van der Waals surface area contributed by atoms with Gasteiger partial charge in [0.1, 0.15) is 13.2 Å². The number of rotatable bonds is 4. The maximum Gasteiger partial charge on any atom is 0.244 e. The first-order valence-electron chi connectivity index (χ1n) is 8.13. The second kappa shape index (κ2) is 7.17. The Morgan fingerprint density at radius 1 is 1.08 bits per heavy atom. The lowest BCUT2D eigenvalue weighted by atomic mass is 10.1.